The van der Waals surface area contributed by atoms with Crippen LogP contribution in [0.25, 0.3) is 0 Å². The maximum Gasteiger partial charge on any atom is 0.302 e. The number of esters is 1. The Morgan fingerprint density at radius 3 is 2.44 bits per heavy atom. The summed E-state index contributed by atoms with van der Waals surface area (Å²) < 4.78 is 12.6. The maximum absolute atomic E-state index is 13.2. The Labute approximate surface area is 255 Å². The van der Waals surface area contributed by atoms with Gasteiger partial charge in [0.15, 0.2) is 0 Å². The summed E-state index contributed by atoms with van der Waals surface area (Å²) in [5, 5.41) is 27.0. The summed E-state index contributed by atoms with van der Waals surface area (Å²) in [6, 6.07) is 8.69. The second kappa shape index (κ2) is 10.5. The van der Waals surface area contributed by atoms with E-state index in [1.165, 1.54) is 6.92 Å². The Bertz CT molecular complexity index is 1340. The molecule has 0 spiro atoms. The molecular weight excluding hydrogens is 544 g/mol. The molecule has 1 aromatic carbocycles. The van der Waals surface area contributed by atoms with Gasteiger partial charge in [0, 0.05) is 41.7 Å². The molecule has 1 aromatic rings. The molecule has 1 heterocycles. The molecule has 0 aromatic heterocycles. The van der Waals surface area contributed by atoms with Gasteiger partial charge in [0.2, 0.25) is 0 Å². The number of hydrogen-bond acceptors (Lipinski definition) is 7. The second-order valence-corrected chi connectivity index (χ2v) is 14.9. The van der Waals surface area contributed by atoms with Crippen molar-refractivity contribution in [1.29, 1.82) is 0 Å². The first-order valence-electron chi connectivity index (χ1n) is 15.8. The van der Waals surface area contributed by atoms with E-state index in [0.29, 0.717) is 25.0 Å². The van der Waals surface area contributed by atoms with Gasteiger partial charge in [-0.15, -0.1) is 0 Å². The summed E-state index contributed by atoms with van der Waals surface area (Å²) in [6.07, 6.45) is 4.03. The van der Waals surface area contributed by atoms with E-state index < -0.39 is 29.8 Å². The Hall–Kier alpha value is -2.52. The topological polar surface area (TPSA) is 108 Å². The molecule has 43 heavy (non-hydrogen) atoms. The lowest BCUT2D eigenvalue weighted by molar-refractivity contribution is -0.150. The zero-order chi connectivity index (χ0) is 31.1. The number of allylic oxidation sites excluding steroid dienone is 2. The molecular formula is C35H48N2O6. The van der Waals surface area contributed by atoms with Crippen LogP contribution in [0.4, 0.5) is 0 Å². The van der Waals surface area contributed by atoms with E-state index in [1.807, 2.05) is 18.2 Å². The average molecular weight is 593 g/mol. The third kappa shape index (κ3) is 4.46. The number of carbonyl (C=O) groups is 2. The summed E-state index contributed by atoms with van der Waals surface area (Å²) in [4.78, 5) is 27.8. The van der Waals surface area contributed by atoms with Crippen LogP contribution in [0.2, 0.25) is 0 Å². The minimum absolute atomic E-state index is 0.0775. The zero-order valence-electron chi connectivity index (χ0n) is 26.5. The van der Waals surface area contributed by atoms with Crippen molar-refractivity contribution >= 4 is 11.9 Å². The molecule has 8 heteroatoms. The SMILES string of the molecule is CC(=O)O[C@@H]1C[C@@]2(C)[C@H]3C(=CC[C@]2(C)[C@H]1[C@H](C)N(C)C)C=C1C[C@@H](O)[C@H](NC(=O)c2ccccc2)[C@@]2(C)CO[C@@H]([C@@H]3O)[C@H]12. The third-order valence-electron chi connectivity index (χ3n) is 12.4. The third-order valence-corrected chi connectivity index (χ3v) is 12.4. The molecule has 234 valence electrons. The van der Waals surface area contributed by atoms with E-state index in [0.717, 1.165) is 17.6 Å². The van der Waals surface area contributed by atoms with Crippen molar-refractivity contribution in [3.63, 3.8) is 0 Å². The molecule has 3 fully saturated rings. The second-order valence-electron chi connectivity index (χ2n) is 14.9. The van der Waals surface area contributed by atoms with E-state index in [-0.39, 0.29) is 52.6 Å². The number of hydrogen-bond donors (Lipinski definition) is 3. The number of rotatable bonds is 5. The highest BCUT2D eigenvalue weighted by atomic mass is 16.5. The standard InChI is InChI=1S/C35H48N2O6/c1-19(37(6)7)26-25(43-20(2)38)17-35(5)27-22(13-14-34(26,35)4)15-23-16-24(39)31(36-32(41)21-11-9-8-10-12-21)33(3)18-42-30(28(23)33)29(27)40/h8-13,15,19,24-31,39-40H,14,16-18H2,1-7H3,(H,36,41)/t19-,24+,25+,26-,27-,28-,29+,30+,31-,33-,34+,35-/m0/s1. The summed E-state index contributed by atoms with van der Waals surface area (Å²) in [5.41, 5.74) is 1.49. The number of ether oxygens (including phenoxy) is 2. The highest BCUT2D eigenvalue weighted by Gasteiger charge is 2.69. The molecule has 2 saturated carbocycles. The van der Waals surface area contributed by atoms with E-state index in [4.69, 9.17) is 9.47 Å². The number of amides is 1. The van der Waals surface area contributed by atoms with Crippen molar-refractivity contribution in [2.24, 2.45) is 34.0 Å². The number of nitrogens with one attached hydrogen (secondary N) is 1. The lowest BCUT2D eigenvalue weighted by Gasteiger charge is -2.54. The van der Waals surface area contributed by atoms with Gasteiger partial charge < -0.3 is 29.9 Å². The first-order valence-corrected chi connectivity index (χ1v) is 15.8. The number of nitrogens with zero attached hydrogens (tertiary/aromatic N) is 1. The van der Waals surface area contributed by atoms with Crippen molar-refractivity contribution in [3.8, 4) is 0 Å². The average Bonchev–Trinajstić information content (AvgIpc) is 3.37. The Morgan fingerprint density at radius 1 is 1.09 bits per heavy atom. The molecule has 0 radical (unpaired) electrons. The number of fused-ring (bicyclic) bond motifs is 3. The van der Waals surface area contributed by atoms with Gasteiger partial charge in [-0.25, -0.2) is 0 Å². The van der Waals surface area contributed by atoms with Crippen LogP contribution in [-0.4, -0.2) is 84.2 Å². The van der Waals surface area contributed by atoms with Crippen LogP contribution in [0.5, 0.6) is 0 Å². The molecule has 8 nitrogen and oxygen atoms in total. The highest BCUT2D eigenvalue weighted by Crippen LogP contribution is 2.69. The van der Waals surface area contributed by atoms with Gasteiger partial charge in [-0.3, -0.25) is 9.59 Å². The van der Waals surface area contributed by atoms with Gasteiger partial charge in [-0.05, 0) is 68.8 Å². The van der Waals surface area contributed by atoms with E-state index >= 15 is 0 Å². The molecule has 0 bridgehead atoms. The minimum Gasteiger partial charge on any atom is -0.462 e. The number of benzene rings is 1. The summed E-state index contributed by atoms with van der Waals surface area (Å²) >= 11 is 0. The smallest absolute Gasteiger partial charge is 0.302 e. The summed E-state index contributed by atoms with van der Waals surface area (Å²) in [7, 11) is 4.14. The predicted molar refractivity (Wildman–Crippen MR) is 163 cm³/mol. The largest absolute Gasteiger partial charge is 0.462 e. The maximum atomic E-state index is 13.2. The number of aliphatic hydroxyl groups is 2. The number of aliphatic hydroxyl groups excluding tert-OH is 2. The highest BCUT2D eigenvalue weighted by molar-refractivity contribution is 5.94. The van der Waals surface area contributed by atoms with Gasteiger partial charge in [-0.2, -0.15) is 0 Å². The van der Waals surface area contributed by atoms with Crippen LogP contribution in [0.1, 0.15) is 64.2 Å². The molecule has 1 saturated heterocycles. The molecule has 5 aliphatic rings. The molecule has 3 N–H and O–H groups in total. The van der Waals surface area contributed by atoms with Gasteiger partial charge in [0.05, 0.1) is 31.0 Å². The van der Waals surface area contributed by atoms with Crippen LogP contribution in [-0.2, 0) is 14.3 Å². The normalized spacial score (nSPS) is 43.9. The summed E-state index contributed by atoms with van der Waals surface area (Å²) in [5.74, 6) is -0.811. The minimum atomic E-state index is -0.802. The van der Waals surface area contributed by atoms with Gasteiger partial charge in [-0.1, -0.05) is 56.7 Å². The van der Waals surface area contributed by atoms with Gasteiger partial charge in [0.1, 0.15) is 6.10 Å². The Balaban J connectivity index is 1.38. The fourth-order valence-electron chi connectivity index (χ4n) is 10.1. The van der Waals surface area contributed by atoms with Crippen LogP contribution in [0, 0.1) is 34.0 Å². The van der Waals surface area contributed by atoms with Crippen molar-refractivity contribution < 1.29 is 29.3 Å². The fourth-order valence-corrected chi connectivity index (χ4v) is 10.1. The van der Waals surface area contributed by atoms with E-state index in [2.05, 4.69) is 64.2 Å². The monoisotopic (exact) mass is 592 g/mol. The number of carbonyl (C=O) groups excluding carboxylic acids is 2. The van der Waals surface area contributed by atoms with Crippen LogP contribution in [0.3, 0.4) is 0 Å². The van der Waals surface area contributed by atoms with Gasteiger partial charge >= 0.3 is 5.97 Å². The molecule has 6 rings (SSSR count). The first-order chi connectivity index (χ1) is 20.2. The zero-order valence-corrected chi connectivity index (χ0v) is 26.5. The lowest BCUT2D eigenvalue weighted by Crippen LogP contribution is -2.60. The first kappa shape index (κ1) is 30.5. The molecule has 12 atom stereocenters. The van der Waals surface area contributed by atoms with Crippen LogP contribution in [0.15, 0.2) is 53.6 Å². The predicted octanol–water partition coefficient (Wildman–Crippen LogP) is 3.73. The van der Waals surface area contributed by atoms with E-state index in [1.54, 1.807) is 12.1 Å². The fraction of sp³-hybridized carbons (Fsp3) is 0.657. The Morgan fingerprint density at radius 2 is 1.79 bits per heavy atom. The van der Waals surface area contributed by atoms with Crippen molar-refractivity contribution in [1.82, 2.24) is 10.2 Å². The van der Waals surface area contributed by atoms with E-state index in [9.17, 15) is 19.8 Å². The lowest BCUT2D eigenvalue weighted by atomic mass is 9.51. The molecule has 0 unspecified atom stereocenters. The molecule has 1 aliphatic heterocycles. The van der Waals surface area contributed by atoms with Crippen molar-refractivity contribution in [2.75, 3.05) is 20.7 Å². The van der Waals surface area contributed by atoms with Crippen LogP contribution >= 0.6 is 0 Å². The Kier molecular flexibility index (Phi) is 7.48. The van der Waals surface area contributed by atoms with Gasteiger partial charge in [0.25, 0.3) is 5.91 Å². The molecule has 4 aliphatic carbocycles. The van der Waals surface area contributed by atoms with Crippen LogP contribution < -0.4 is 5.32 Å². The van der Waals surface area contributed by atoms with Crippen molar-refractivity contribution in [2.45, 2.75) is 90.4 Å². The quantitative estimate of drug-likeness (QED) is 0.447. The van der Waals surface area contributed by atoms with Crippen molar-refractivity contribution in [3.05, 3.63) is 59.2 Å². The summed E-state index contributed by atoms with van der Waals surface area (Å²) in [6.45, 7) is 10.7. The molecule has 1 amide bonds.